The fourth-order valence-electron chi connectivity index (χ4n) is 1.12. The second-order valence-corrected chi connectivity index (χ2v) is 3.79. The Morgan fingerprint density at radius 3 is 3.14 bits per heavy atom. The third kappa shape index (κ3) is 2.15. The Bertz CT molecular complexity index is 380. The third-order valence-corrected chi connectivity index (χ3v) is 2.46. The molecule has 1 N–H and O–H groups in total. The molecule has 0 radical (unpaired) electrons. The lowest BCUT2D eigenvalue weighted by Gasteiger charge is -1.95. The Labute approximate surface area is 85.8 Å². The van der Waals surface area contributed by atoms with Crippen LogP contribution in [0.1, 0.15) is 10.8 Å². The molecule has 0 bridgehead atoms. The fourth-order valence-corrected chi connectivity index (χ4v) is 1.73. The van der Waals surface area contributed by atoms with Crippen LogP contribution in [-0.2, 0) is 13.1 Å². The lowest BCUT2D eigenvalue weighted by atomic mass is 10.6. The molecule has 0 unspecified atom stereocenters. The quantitative estimate of drug-likeness (QED) is 0.796. The fraction of sp³-hybridized carbons (Fsp3) is 0.375. The first-order valence-corrected chi connectivity index (χ1v) is 5.18. The normalized spacial score (nSPS) is 10.6. The molecule has 14 heavy (non-hydrogen) atoms. The van der Waals surface area contributed by atoms with Crippen molar-refractivity contribution >= 4 is 11.3 Å². The van der Waals surface area contributed by atoms with Crippen LogP contribution in [0.2, 0.25) is 0 Å². The smallest absolute Gasteiger partial charge is 0.164 e. The molecule has 0 aliphatic heterocycles. The number of hydrogen-bond donors (Lipinski definition) is 1. The SMILES string of the molecule is CNCc1ncn(Cc2nccs2)n1. The van der Waals surface area contributed by atoms with Gasteiger partial charge in [-0.05, 0) is 7.05 Å². The lowest BCUT2D eigenvalue weighted by molar-refractivity contribution is 0.656. The van der Waals surface area contributed by atoms with Crippen LogP contribution in [0.15, 0.2) is 17.9 Å². The van der Waals surface area contributed by atoms with Gasteiger partial charge >= 0.3 is 0 Å². The molecule has 0 aliphatic carbocycles. The highest BCUT2D eigenvalue weighted by molar-refractivity contribution is 7.09. The van der Waals surface area contributed by atoms with Gasteiger partial charge in [-0.1, -0.05) is 0 Å². The molecular formula is C8H11N5S. The first-order chi connectivity index (χ1) is 6.88. The summed E-state index contributed by atoms with van der Waals surface area (Å²) in [6, 6.07) is 0. The van der Waals surface area contributed by atoms with E-state index >= 15 is 0 Å². The topological polar surface area (TPSA) is 55.6 Å². The van der Waals surface area contributed by atoms with Gasteiger partial charge in [-0.3, -0.25) is 0 Å². The van der Waals surface area contributed by atoms with Crippen LogP contribution < -0.4 is 5.32 Å². The van der Waals surface area contributed by atoms with E-state index in [1.54, 1.807) is 28.5 Å². The first kappa shape index (κ1) is 9.29. The van der Waals surface area contributed by atoms with Crippen molar-refractivity contribution in [3.63, 3.8) is 0 Å². The zero-order valence-electron chi connectivity index (χ0n) is 7.84. The van der Waals surface area contributed by atoms with Gasteiger partial charge in [0.15, 0.2) is 5.82 Å². The second-order valence-electron chi connectivity index (χ2n) is 2.81. The van der Waals surface area contributed by atoms with Crippen LogP contribution in [0, 0.1) is 0 Å². The molecule has 0 spiro atoms. The number of rotatable bonds is 4. The summed E-state index contributed by atoms with van der Waals surface area (Å²) in [5, 5.41) is 10.3. The predicted octanol–water partition coefficient (Wildman–Crippen LogP) is 0.502. The van der Waals surface area contributed by atoms with Crippen molar-refractivity contribution in [2.75, 3.05) is 7.05 Å². The van der Waals surface area contributed by atoms with E-state index in [1.807, 2.05) is 12.4 Å². The minimum absolute atomic E-state index is 0.699. The molecule has 2 aromatic rings. The molecule has 0 saturated carbocycles. The van der Waals surface area contributed by atoms with Crippen molar-refractivity contribution in [1.82, 2.24) is 25.1 Å². The summed E-state index contributed by atoms with van der Waals surface area (Å²) in [5.74, 6) is 0.809. The zero-order chi connectivity index (χ0) is 9.80. The number of nitrogens with zero attached hydrogens (tertiary/aromatic N) is 4. The standard InChI is InChI=1S/C8H11N5S/c1-9-4-7-11-6-13(12-7)5-8-10-2-3-14-8/h2-3,6,9H,4-5H2,1H3. The minimum atomic E-state index is 0.699. The Kier molecular flexibility index (Phi) is 2.85. The van der Waals surface area contributed by atoms with E-state index in [0.717, 1.165) is 10.8 Å². The van der Waals surface area contributed by atoms with Gasteiger partial charge in [0.05, 0.1) is 13.1 Å². The van der Waals surface area contributed by atoms with Gasteiger partial charge < -0.3 is 5.32 Å². The summed E-state index contributed by atoms with van der Waals surface area (Å²) in [6.07, 6.45) is 3.53. The van der Waals surface area contributed by atoms with Crippen LogP contribution in [0.4, 0.5) is 0 Å². The summed E-state index contributed by atoms with van der Waals surface area (Å²) >= 11 is 1.63. The molecule has 2 aromatic heterocycles. The zero-order valence-corrected chi connectivity index (χ0v) is 8.66. The van der Waals surface area contributed by atoms with Gasteiger partial charge in [0, 0.05) is 11.6 Å². The average Bonchev–Trinajstić information content (AvgIpc) is 2.79. The van der Waals surface area contributed by atoms with Gasteiger partial charge in [-0.25, -0.2) is 14.6 Å². The molecule has 0 saturated heterocycles. The maximum atomic E-state index is 4.28. The van der Waals surface area contributed by atoms with Gasteiger partial charge in [0.1, 0.15) is 11.3 Å². The monoisotopic (exact) mass is 209 g/mol. The number of hydrogen-bond acceptors (Lipinski definition) is 5. The summed E-state index contributed by atoms with van der Waals surface area (Å²) in [6.45, 7) is 1.40. The summed E-state index contributed by atoms with van der Waals surface area (Å²) in [5.41, 5.74) is 0. The number of thiazole rings is 1. The Morgan fingerprint density at radius 1 is 1.50 bits per heavy atom. The third-order valence-electron chi connectivity index (χ3n) is 1.70. The highest BCUT2D eigenvalue weighted by Crippen LogP contribution is 2.05. The number of aromatic nitrogens is 4. The Balaban J connectivity index is 2.03. The molecule has 74 valence electrons. The second kappa shape index (κ2) is 4.30. The Morgan fingerprint density at radius 2 is 2.43 bits per heavy atom. The molecule has 0 amide bonds. The van der Waals surface area contributed by atoms with Gasteiger partial charge in [-0.15, -0.1) is 11.3 Å². The Hall–Kier alpha value is -1.27. The highest BCUT2D eigenvalue weighted by Gasteiger charge is 2.01. The molecule has 0 aromatic carbocycles. The highest BCUT2D eigenvalue weighted by atomic mass is 32.1. The van der Waals surface area contributed by atoms with Crippen LogP contribution >= 0.6 is 11.3 Å². The molecule has 0 fully saturated rings. The van der Waals surface area contributed by atoms with Crippen molar-refractivity contribution in [3.8, 4) is 0 Å². The van der Waals surface area contributed by atoms with Crippen molar-refractivity contribution in [1.29, 1.82) is 0 Å². The maximum Gasteiger partial charge on any atom is 0.164 e. The van der Waals surface area contributed by atoms with E-state index < -0.39 is 0 Å². The van der Waals surface area contributed by atoms with Crippen LogP contribution in [0.5, 0.6) is 0 Å². The predicted molar refractivity (Wildman–Crippen MR) is 54.0 cm³/mol. The van der Waals surface area contributed by atoms with Gasteiger partial charge in [-0.2, -0.15) is 5.10 Å². The van der Waals surface area contributed by atoms with E-state index in [2.05, 4.69) is 20.4 Å². The molecule has 2 heterocycles. The molecule has 5 nitrogen and oxygen atoms in total. The molecule has 2 rings (SSSR count). The lowest BCUT2D eigenvalue weighted by Crippen LogP contribution is -2.08. The van der Waals surface area contributed by atoms with Crippen LogP contribution in [0.25, 0.3) is 0 Å². The van der Waals surface area contributed by atoms with E-state index in [4.69, 9.17) is 0 Å². The maximum absolute atomic E-state index is 4.28. The van der Waals surface area contributed by atoms with Crippen LogP contribution in [-0.4, -0.2) is 26.8 Å². The first-order valence-electron chi connectivity index (χ1n) is 4.30. The molecule has 0 atom stereocenters. The minimum Gasteiger partial charge on any atom is -0.313 e. The summed E-state index contributed by atoms with van der Waals surface area (Å²) in [4.78, 5) is 8.33. The molecular weight excluding hydrogens is 198 g/mol. The van der Waals surface area contributed by atoms with Crippen molar-refractivity contribution < 1.29 is 0 Å². The van der Waals surface area contributed by atoms with Crippen molar-refractivity contribution in [2.45, 2.75) is 13.1 Å². The van der Waals surface area contributed by atoms with Crippen LogP contribution in [0.3, 0.4) is 0 Å². The molecule has 6 heteroatoms. The van der Waals surface area contributed by atoms with E-state index in [-0.39, 0.29) is 0 Å². The largest absolute Gasteiger partial charge is 0.313 e. The average molecular weight is 209 g/mol. The van der Waals surface area contributed by atoms with E-state index in [1.165, 1.54) is 0 Å². The van der Waals surface area contributed by atoms with Gasteiger partial charge in [0.2, 0.25) is 0 Å². The van der Waals surface area contributed by atoms with Gasteiger partial charge in [0.25, 0.3) is 0 Å². The number of nitrogens with one attached hydrogen (secondary N) is 1. The van der Waals surface area contributed by atoms with E-state index in [9.17, 15) is 0 Å². The molecule has 0 aliphatic rings. The van der Waals surface area contributed by atoms with Crippen molar-refractivity contribution in [2.24, 2.45) is 0 Å². The van der Waals surface area contributed by atoms with E-state index in [0.29, 0.717) is 13.1 Å². The summed E-state index contributed by atoms with van der Waals surface area (Å²) in [7, 11) is 1.88. The summed E-state index contributed by atoms with van der Waals surface area (Å²) < 4.78 is 1.80. The van der Waals surface area contributed by atoms with Crippen molar-refractivity contribution in [3.05, 3.63) is 28.7 Å².